The van der Waals surface area contributed by atoms with Gasteiger partial charge in [-0.3, -0.25) is 38.9 Å². The Kier molecular flexibility index (Phi) is 15.9. The van der Waals surface area contributed by atoms with Crippen molar-refractivity contribution in [3.63, 3.8) is 0 Å². The fourth-order valence-electron chi connectivity index (χ4n) is 11.3. The van der Waals surface area contributed by atoms with Crippen molar-refractivity contribution in [2.24, 2.45) is 17.3 Å². The van der Waals surface area contributed by atoms with E-state index < -0.39 is 65.2 Å². The molecule has 16 nitrogen and oxygen atoms in total. The Morgan fingerprint density at radius 1 is 1.08 bits per heavy atom. The summed E-state index contributed by atoms with van der Waals surface area (Å²) in [5.74, 6) is -3.02. The number of aromatic nitrogens is 3. The number of hydrogen-bond acceptors (Lipinski definition) is 11. The van der Waals surface area contributed by atoms with E-state index in [2.05, 4.69) is 28.8 Å². The largest absolute Gasteiger partial charge is 0.464 e. The molecule has 8 rings (SSSR count). The minimum absolute atomic E-state index is 0.0397. The lowest BCUT2D eigenvalue weighted by atomic mass is 9.78. The predicted molar refractivity (Wildman–Crippen MR) is 270 cm³/mol. The molecule has 4 atom stereocenters. The second-order valence-electron chi connectivity index (χ2n) is 21.3. The van der Waals surface area contributed by atoms with Crippen LogP contribution in [0.15, 0.2) is 61.3 Å². The molecule has 1 aromatic carbocycles. The number of likely N-dealkylation sites (N-methyl/N-ethyl adjacent to an activating group) is 1. The maximum Gasteiger partial charge on any atom is 0.324 e. The van der Waals surface area contributed by atoms with E-state index in [-0.39, 0.29) is 61.2 Å². The third-order valence-electron chi connectivity index (χ3n) is 15.2. The summed E-state index contributed by atoms with van der Waals surface area (Å²) in [6.07, 6.45) is 2.81. The zero-order valence-corrected chi connectivity index (χ0v) is 43.3. The van der Waals surface area contributed by atoms with Crippen molar-refractivity contribution in [2.45, 2.75) is 136 Å². The Morgan fingerprint density at radius 3 is 2.52 bits per heavy atom. The van der Waals surface area contributed by atoms with Gasteiger partial charge >= 0.3 is 5.97 Å². The number of amides is 4. The van der Waals surface area contributed by atoms with Crippen molar-refractivity contribution >= 4 is 40.5 Å². The van der Waals surface area contributed by atoms with Crippen LogP contribution < -0.4 is 10.7 Å². The molecule has 2 N–H and O–H groups in total. The number of cyclic esters (lactones) is 1. The highest BCUT2D eigenvalue weighted by Gasteiger charge is 2.46. The molecule has 73 heavy (non-hydrogen) atoms. The molecule has 4 aliphatic rings. The van der Waals surface area contributed by atoms with Crippen molar-refractivity contribution in [1.82, 2.24) is 40.1 Å². The molecule has 6 heterocycles. The van der Waals surface area contributed by atoms with Gasteiger partial charge in [-0.25, -0.2) is 14.2 Å². The van der Waals surface area contributed by atoms with Crippen LogP contribution in [-0.2, 0) is 57.6 Å². The lowest BCUT2D eigenvalue weighted by Crippen LogP contribution is -2.62. The molecule has 0 radical (unpaired) electrons. The molecular weight excluding hydrogens is 939 g/mol. The van der Waals surface area contributed by atoms with Gasteiger partial charge in [-0.2, -0.15) is 0 Å². The van der Waals surface area contributed by atoms with Crippen LogP contribution in [0.3, 0.4) is 0 Å². The average molecular weight is 1010 g/mol. The summed E-state index contributed by atoms with van der Waals surface area (Å²) >= 11 is 0. The number of nitrogens with zero attached hydrogens (tertiary/aromatic N) is 6. The summed E-state index contributed by atoms with van der Waals surface area (Å²) in [6, 6.07) is 9.01. The van der Waals surface area contributed by atoms with E-state index in [1.54, 1.807) is 25.3 Å². The number of esters is 1. The molecule has 392 valence electrons. The highest BCUT2D eigenvalue weighted by molar-refractivity contribution is 5.96. The van der Waals surface area contributed by atoms with E-state index in [0.29, 0.717) is 63.6 Å². The minimum atomic E-state index is -2.90. The third kappa shape index (κ3) is 11.1. The molecule has 4 amide bonds. The minimum Gasteiger partial charge on any atom is -0.464 e. The van der Waals surface area contributed by atoms with Gasteiger partial charge in [-0.05, 0) is 113 Å². The summed E-state index contributed by atoms with van der Waals surface area (Å²) in [5, 5.41) is 5.08. The Hall–Kier alpha value is -6.11. The smallest absolute Gasteiger partial charge is 0.324 e. The van der Waals surface area contributed by atoms with Crippen LogP contribution in [0.4, 0.5) is 8.78 Å². The molecule has 1 saturated carbocycles. The number of ether oxygens (including phenoxy) is 3. The van der Waals surface area contributed by atoms with E-state index >= 15 is 8.78 Å². The first-order valence-corrected chi connectivity index (χ1v) is 25.6. The van der Waals surface area contributed by atoms with Crippen molar-refractivity contribution in [1.29, 1.82) is 0 Å². The van der Waals surface area contributed by atoms with Crippen LogP contribution in [0.25, 0.3) is 33.4 Å². The van der Waals surface area contributed by atoms with Crippen LogP contribution in [-0.4, -0.2) is 123 Å². The van der Waals surface area contributed by atoms with Gasteiger partial charge in [0.1, 0.15) is 24.9 Å². The first-order chi connectivity index (χ1) is 34.8. The number of aryl methyl sites for hydroxylation is 1. The Bertz CT molecular complexity index is 2750. The predicted octanol–water partition coefficient (Wildman–Crippen LogP) is 7.49. The van der Waals surface area contributed by atoms with Gasteiger partial charge in [0.05, 0.1) is 41.9 Å². The zero-order valence-electron chi connectivity index (χ0n) is 43.3. The van der Waals surface area contributed by atoms with Gasteiger partial charge in [0.15, 0.2) is 0 Å². The number of nitrogens with one attached hydrogen (secondary N) is 2. The number of methoxy groups -OCH3 is 1. The highest BCUT2D eigenvalue weighted by Crippen LogP contribution is 2.43. The van der Waals surface area contributed by atoms with Gasteiger partial charge in [-0.15, -0.1) is 0 Å². The van der Waals surface area contributed by atoms with Gasteiger partial charge < -0.3 is 33.9 Å². The summed E-state index contributed by atoms with van der Waals surface area (Å²) in [6.45, 7) is 16.6. The monoisotopic (exact) mass is 1010 g/mol. The second kappa shape index (κ2) is 21.8. The molecule has 18 heteroatoms. The standard InChI is InChI=1S/C55H70F2N8O8/c1-10-45(66)63-29-55(73-31-63)20-18-34(19-21-55)51(68)62(8)47(32(3)4)50(67)60-43-27-37-24-36(49(56)57)26-42(59-37)35-16-17-44-39(25-35)40(48(64(44)11-2)38-14-12-22-58-46(38)33(5)71-9)28-54(6,7)30-72-53(70)41-15-13-23-65(61-41)52(43)69/h10,12,14,16-17,22,24-26,32-34,41,43,47,49,61H,1,11,13,15,18-21,23,27-31H2,2-9H3,(H,60,67)/t33-,34?,41-,43-,47-,55?/m0/s1. The Labute approximate surface area is 426 Å². The summed E-state index contributed by atoms with van der Waals surface area (Å²) in [5.41, 5.74) is 6.91. The number of hydrazine groups is 1. The van der Waals surface area contributed by atoms with Crippen LogP contribution >= 0.6 is 0 Å². The Morgan fingerprint density at radius 2 is 1.84 bits per heavy atom. The molecule has 1 aliphatic carbocycles. The van der Waals surface area contributed by atoms with Gasteiger partial charge in [0.25, 0.3) is 12.3 Å². The fraction of sp³-hybridized carbons (Fsp3) is 0.545. The SMILES string of the molecule is C=CC(=O)N1COC2(CCC(C(=O)N(C)[C@H](C(=O)N[C@H]3Cc4cc(C(F)F)cc(n4)-c4ccc5c(c4)c(c(-c4cccnc4[C@H](C)OC)n5CC)CC(C)(C)COC(=O)[C@@H]4CCCN(N4)C3=O)C(C)C)CC2)C1. The van der Waals surface area contributed by atoms with Crippen LogP contribution in [0.1, 0.15) is 115 Å². The van der Waals surface area contributed by atoms with Crippen LogP contribution in [0, 0.1) is 17.3 Å². The number of hydrogen-bond donors (Lipinski definition) is 2. The molecule has 4 aromatic rings. The van der Waals surface area contributed by atoms with E-state index in [4.69, 9.17) is 24.2 Å². The number of halogens is 2. The lowest BCUT2D eigenvalue weighted by molar-refractivity contribution is -0.155. The molecule has 1 spiro atoms. The topological polar surface area (TPSA) is 178 Å². The van der Waals surface area contributed by atoms with Crippen LogP contribution in [0.5, 0.6) is 0 Å². The normalized spacial score (nSPS) is 23.3. The number of carbonyl (C=O) groups is 5. The van der Waals surface area contributed by atoms with Crippen molar-refractivity contribution in [3.05, 3.63) is 83.8 Å². The summed E-state index contributed by atoms with van der Waals surface area (Å²) < 4.78 is 50.3. The molecule has 3 aromatic heterocycles. The van der Waals surface area contributed by atoms with Crippen molar-refractivity contribution in [3.8, 4) is 22.5 Å². The molecule has 6 bridgehead atoms. The number of fused-ring (bicyclic) bond motifs is 6. The average Bonchev–Trinajstić information content (AvgIpc) is 3.94. The van der Waals surface area contributed by atoms with E-state index in [1.165, 1.54) is 28.1 Å². The quantitative estimate of drug-likeness (QED) is 0.112. The van der Waals surface area contributed by atoms with Gasteiger partial charge in [0.2, 0.25) is 17.7 Å². The maximum atomic E-state index is 15.0. The number of benzene rings is 1. The lowest BCUT2D eigenvalue weighted by Gasteiger charge is -2.39. The van der Waals surface area contributed by atoms with Crippen molar-refractivity contribution < 1.29 is 47.0 Å². The number of rotatable bonds is 11. The van der Waals surface area contributed by atoms with Gasteiger partial charge in [-0.1, -0.05) is 40.3 Å². The Balaban J connectivity index is 1.17. The van der Waals surface area contributed by atoms with Gasteiger partial charge in [0, 0.05) is 84.5 Å². The van der Waals surface area contributed by atoms with Crippen LogP contribution in [0.2, 0.25) is 0 Å². The number of pyridine rings is 2. The molecular formula is C55H70F2N8O8. The molecule has 3 aliphatic heterocycles. The summed E-state index contributed by atoms with van der Waals surface area (Å²) in [4.78, 5) is 82.9. The first-order valence-electron chi connectivity index (χ1n) is 25.6. The first kappa shape index (κ1) is 53.2. The summed E-state index contributed by atoms with van der Waals surface area (Å²) in [7, 11) is 3.22. The van der Waals surface area contributed by atoms with E-state index in [0.717, 1.165) is 33.4 Å². The maximum absolute atomic E-state index is 15.0. The third-order valence-corrected chi connectivity index (χ3v) is 15.2. The van der Waals surface area contributed by atoms with E-state index in [1.807, 2.05) is 65.0 Å². The zero-order chi connectivity index (χ0) is 52.5. The molecule has 3 fully saturated rings. The van der Waals surface area contributed by atoms with Crippen molar-refractivity contribution in [2.75, 3.05) is 40.6 Å². The second-order valence-corrected chi connectivity index (χ2v) is 21.3. The van der Waals surface area contributed by atoms with E-state index in [9.17, 15) is 24.0 Å². The molecule has 2 saturated heterocycles. The molecule has 0 unspecified atom stereocenters. The number of alkyl halides is 2. The number of carbonyl (C=O) groups excluding carboxylic acids is 5. The highest BCUT2D eigenvalue weighted by atomic mass is 19.3. The fourth-order valence-corrected chi connectivity index (χ4v) is 11.3.